The maximum atomic E-state index is 13.2. The third kappa shape index (κ3) is 3.28. The standard InChI is InChI=1S/C20H19N7O3/c1-11-9-16(18-13(3)24-25(4)19(18)21-11)20(28)22-17-10-12(2)23-26(17)14-5-7-15(8-6-14)27(29)30/h5-10H,1-4H3,(H,22,28). The smallest absolute Gasteiger partial charge is 0.269 e. The molecular formula is C20H19N7O3. The van der Waals surface area contributed by atoms with Crippen molar-refractivity contribution >= 4 is 28.4 Å². The lowest BCUT2D eigenvalue weighted by atomic mass is 10.1. The first-order valence-electron chi connectivity index (χ1n) is 9.18. The molecule has 1 N–H and O–H groups in total. The molecular weight excluding hydrogens is 386 g/mol. The van der Waals surface area contributed by atoms with Crippen LogP contribution in [0.2, 0.25) is 0 Å². The molecule has 1 amide bonds. The van der Waals surface area contributed by atoms with Crippen LogP contribution in [0.4, 0.5) is 11.5 Å². The number of hydrogen-bond acceptors (Lipinski definition) is 6. The average Bonchev–Trinajstić information content (AvgIpc) is 3.20. The van der Waals surface area contributed by atoms with Gasteiger partial charge in [0.15, 0.2) is 5.65 Å². The van der Waals surface area contributed by atoms with Crippen LogP contribution < -0.4 is 5.32 Å². The van der Waals surface area contributed by atoms with Gasteiger partial charge in [-0.3, -0.25) is 19.6 Å². The van der Waals surface area contributed by atoms with Crippen LogP contribution in [0, 0.1) is 30.9 Å². The molecule has 3 aromatic heterocycles. The molecule has 10 nitrogen and oxygen atoms in total. The van der Waals surface area contributed by atoms with E-state index in [-0.39, 0.29) is 11.6 Å². The zero-order chi connectivity index (χ0) is 21.6. The molecule has 4 aromatic rings. The lowest BCUT2D eigenvalue weighted by Crippen LogP contribution is -2.16. The van der Waals surface area contributed by atoms with Crippen LogP contribution in [0.3, 0.4) is 0 Å². The molecule has 3 heterocycles. The summed E-state index contributed by atoms with van der Waals surface area (Å²) in [5.41, 5.74) is 3.79. The topological polar surface area (TPSA) is 121 Å². The predicted octanol–water partition coefficient (Wildman–Crippen LogP) is 3.24. The highest BCUT2D eigenvalue weighted by molar-refractivity contribution is 6.12. The molecule has 0 saturated heterocycles. The second kappa shape index (κ2) is 7.07. The van der Waals surface area contributed by atoms with E-state index in [9.17, 15) is 14.9 Å². The van der Waals surface area contributed by atoms with Crippen molar-refractivity contribution < 1.29 is 9.72 Å². The number of nitrogens with zero attached hydrogens (tertiary/aromatic N) is 6. The Balaban J connectivity index is 1.73. The van der Waals surface area contributed by atoms with Crippen molar-refractivity contribution in [1.82, 2.24) is 24.5 Å². The van der Waals surface area contributed by atoms with Crippen LogP contribution in [0.15, 0.2) is 36.4 Å². The number of benzene rings is 1. The molecule has 0 saturated carbocycles. The van der Waals surface area contributed by atoms with E-state index in [1.54, 1.807) is 42.9 Å². The number of aromatic nitrogens is 5. The summed E-state index contributed by atoms with van der Waals surface area (Å²) < 4.78 is 3.19. The van der Waals surface area contributed by atoms with Gasteiger partial charge in [0.25, 0.3) is 11.6 Å². The number of nitro groups is 1. The fourth-order valence-corrected chi connectivity index (χ4v) is 3.43. The summed E-state index contributed by atoms with van der Waals surface area (Å²) in [4.78, 5) is 28.1. The number of aryl methyl sites for hydroxylation is 4. The van der Waals surface area contributed by atoms with Crippen LogP contribution >= 0.6 is 0 Å². The zero-order valence-electron chi connectivity index (χ0n) is 16.9. The van der Waals surface area contributed by atoms with E-state index in [0.29, 0.717) is 45.2 Å². The predicted molar refractivity (Wildman–Crippen MR) is 111 cm³/mol. The van der Waals surface area contributed by atoms with Crippen LogP contribution in [-0.2, 0) is 7.05 Å². The molecule has 30 heavy (non-hydrogen) atoms. The van der Waals surface area contributed by atoms with Crippen LogP contribution in [-0.4, -0.2) is 35.4 Å². The monoisotopic (exact) mass is 405 g/mol. The van der Waals surface area contributed by atoms with Gasteiger partial charge in [0.2, 0.25) is 0 Å². The van der Waals surface area contributed by atoms with Gasteiger partial charge in [-0.15, -0.1) is 0 Å². The van der Waals surface area contributed by atoms with Gasteiger partial charge in [0.05, 0.1) is 32.9 Å². The van der Waals surface area contributed by atoms with Crippen molar-refractivity contribution in [3.8, 4) is 5.69 Å². The minimum absolute atomic E-state index is 0.0186. The van der Waals surface area contributed by atoms with Crippen molar-refractivity contribution in [2.75, 3.05) is 5.32 Å². The average molecular weight is 405 g/mol. The van der Waals surface area contributed by atoms with Crippen molar-refractivity contribution in [1.29, 1.82) is 0 Å². The number of nitro benzene ring substituents is 1. The zero-order valence-corrected chi connectivity index (χ0v) is 16.9. The maximum Gasteiger partial charge on any atom is 0.269 e. The number of hydrogen-bond donors (Lipinski definition) is 1. The quantitative estimate of drug-likeness (QED) is 0.411. The molecule has 0 bridgehead atoms. The van der Waals surface area contributed by atoms with Crippen LogP contribution in [0.5, 0.6) is 0 Å². The van der Waals surface area contributed by atoms with E-state index in [4.69, 9.17) is 0 Å². The Morgan fingerprint density at radius 1 is 1.07 bits per heavy atom. The molecule has 0 aliphatic heterocycles. The molecule has 0 atom stereocenters. The van der Waals surface area contributed by atoms with Gasteiger partial charge in [-0.05, 0) is 39.0 Å². The highest BCUT2D eigenvalue weighted by Gasteiger charge is 2.20. The molecule has 0 aliphatic carbocycles. The Kier molecular flexibility index (Phi) is 4.53. The van der Waals surface area contributed by atoms with Gasteiger partial charge < -0.3 is 5.32 Å². The second-order valence-corrected chi connectivity index (χ2v) is 7.03. The number of non-ortho nitro benzene ring substituents is 1. The third-order valence-corrected chi connectivity index (χ3v) is 4.72. The molecule has 0 unspecified atom stereocenters. The van der Waals surface area contributed by atoms with Gasteiger partial charge in [0, 0.05) is 30.9 Å². The second-order valence-electron chi connectivity index (χ2n) is 7.03. The largest absolute Gasteiger partial charge is 0.306 e. The van der Waals surface area contributed by atoms with Gasteiger partial charge in [-0.25, -0.2) is 9.67 Å². The van der Waals surface area contributed by atoms with Crippen molar-refractivity contribution in [2.45, 2.75) is 20.8 Å². The van der Waals surface area contributed by atoms with E-state index in [2.05, 4.69) is 20.5 Å². The fourth-order valence-electron chi connectivity index (χ4n) is 3.43. The number of nitrogens with one attached hydrogen (secondary N) is 1. The first kappa shape index (κ1) is 19.2. The van der Waals surface area contributed by atoms with E-state index in [1.165, 1.54) is 16.8 Å². The maximum absolute atomic E-state index is 13.2. The van der Waals surface area contributed by atoms with E-state index < -0.39 is 4.92 Å². The highest BCUT2D eigenvalue weighted by Crippen LogP contribution is 2.24. The molecule has 0 aliphatic rings. The summed E-state index contributed by atoms with van der Waals surface area (Å²) in [6.45, 7) is 5.46. The van der Waals surface area contributed by atoms with Gasteiger partial charge >= 0.3 is 0 Å². The number of anilines is 1. The first-order chi connectivity index (χ1) is 14.2. The Labute approximate surface area is 171 Å². The lowest BCUT2D eigenvalue weighted by molar-refractivity contribution is -0.384. The van der Waals surface area contributed by atoms with E-state index in [1.807, 2.05) is 13.8 Å². The summed E-state index contributed by atoms with van der Waals surface area (Å²) in [6, 6.07) is 9.42. The minimum Gasteiger partial charge on any atom is -0.306 e. The molecule has 0 spiro atoms. The molecule has 4 rings (SSSR count). The summed E-state index contributed by atoms with van der Waals surface area (Å²) in [6.07, 6.45) is 0. The minimum atomic E-state index is -0.464. The van der Waals surface area contributed by atoms with E-state index >= 15 is 0 Å². The van der Waals surface area contributed by atoms with Crippen LogP contribution in [0.25, 0.3) is 16.7 Å². The summed E-state index contributed by atoms with van der Waals surface area (Å²) in [5, 5.41) is 23.3. The van der Waals surface area contributed by atoms with Gasteiger partial charge in [-0.2, -0.15) is 10.2 Å². The molecule has 1 aromatic carbocycles. The third-order valence-electron chi connectivity index (χ3n) is 4.72. The number of carbonyl (C=O) groups excluding carboxylic acids is 1. The van der Waals surface area contributed by atoms with Gasteiger partial charge in [0.1, 0.15) is 5.82 Å². The summed E-state index contributed by atoms with van der Waals surface area (Å²) in [5.74, 6) is 0.139. The Bertz CT molecular complexity index is 1300. The summed E-state index contributed by atoms with van der Waals surface area (Å²) >= 11 is 0. The van der Waals surface area contributed by atoms with Crippen molar-refractivity contribution in [3.05, 3.63) is 69.2 Å². The number of fused-ring (bicyclic) bond motifs is 1. The SMILES string of the molecule is Cc1cc(C(=O)Nc2cc(C)nn2-c2ccc([N+](=O)[O-])cc2)c2c(C)nn(C)c2n1. The number of carbonyl (C=O) groups is 1. The van der Waals surface area contributed by atoms with Crippen molar-refractivity contribution in [2.24, 2.45) is 7.05 Å². The number of rotatable bonds is 4. The normalized spacial score (nSPS) is 11.1. The molecule has 10 heteroatoms. The molecule has 152 valence electrons. The molecule has 0 fully saturated rings. The van der Waals surface area contributed by atoms with Crippen molar-refractivity contribution in [3.63, 3.8) is 0 Å². The Hall–Kier alpha value is -4.08. The number of pyridine rings is 1. The summed E-state index contributed by atoms with van der Waals surface area (Å²) in [7, 11) is 1.79. The Morgan fingerprint density at radius 3 is 2.43 bits per heavy atom. The fraction of sp³-hybridized carbons (Fsp3) is 0.200. The molecule has 0 radical (unpaired) electrons. The highest BCUT2D eigenvalue weighted by atomic mass is 16.6. The van der Waals surface area contributed by atoms with E-state index in [0.717, 1.165) is 0 Å². The van der Waals surface area contributed by atoms with Crippen LogP contribution in [0.1, 0.15) is 27.4 Å². The Morgan fingerprint density at radius 2 is 1.77 bits per heavy atom. The number of amides is 1. The van der Waals surface area contributed by atoms with Gasteiger partial charge in [-0.1, -0.05) is 0 Å². The lowest BCUT2D eigenvalue weighted by Gasteiger charge is -2.10. The first-order valence-corrected chi connectivity index (χ1v) is 9.18.